The van der Waals surface area contributed by atoms with Crippen LogP contribution < -0.4 is 4.74 Å². The Balaban J connectivity index is 1.39. The summed E-state index contributed by atoms with van der Waals surface area (Å²) in [6, 6.07) is 22.1. The topological polar surface area (TPSA) is 105 Å². The van der Waals surface area contributed by atoms with E-state index < -0.39 is 39.6 Å². The Hall–Kier alpha value is -4.97. The van der Waals surface area contributed by atoms with Gasteiger partial charge in [0.05, 0.1) is 27.1 Å². The molecule has 0 aliphatic heterocycles. The van der Waals surface area contributed by atoms with Crippen LogP contribution in [0.25, 0.3) is 22.3 Å². The summed E-state index contributed by atoms with van der Waals surface area (Å²) in [6.45, 7) is 4.64. The van der Waals surface area contributed by atoms with Crippen molar-refractivity contribution in [2.45, 2.75) is 44.1 Å². The largest absolute Gasteiger partial charge is 0.461 e. The van der Waals surface area contributed by atoms with Crippen molar-refractivity contribution >= 4 is 54.6 Å². The highest BCUT2D eigenvalue weighted by Gasteiger charge is 2.34. The maximum atomic E-state index is 16.1. The number of nitrogens with zero attached hydrogens (tertiary/aromatic N) is 4. The van der Waals surface area contributed by atoms with Gasteiger partial charge in [-0.1, -0.05) is 52.2 Å². The number of carbonyl (C=O) groups is 1. The Bertz CT molecular complexity index is 2530. The highest BCUT2D eigenvalue weighted by atomic mass is 79.9. The first-order valence-corrected chi connectivity index (χ1v) is 20.1. The van der Waals surface area contributed by atoms with Crippen molar-refractivity contribution in [3.8, 4) is 34.7 Å². The molecule has 0 N–H and O–H groups in total. The molecule has 2 heterocycles. The lowest BCUT2D eigenvalue weighted by Crippen LogP contribution is -2.26. The van der Waals surface area contributed by atoms with Gasteiger partial charge in [-0.2, -0.15) is 5.10 Å². The molecule has 0 aliphatic rings. The van der Waals surface area contributed by atoms with Gasteiger partial charge >= 0.3 is 5.97 Å². The molecule has 2 aromatic heterocycles. The van der Waals surface area contributed by atoms with Gasteiger partial charge in [-0.25, -0.2) is 30.8 Å². The van der Waals surface area contributed by atoms with E-state index in [1.165, 1.54) is 54.2 Å². The number of aryl methyl sites for hydroxylation is 1. The summed E-state index contributed by atoms with van der Waals surface area (Å²) >= 11 is 5.28. The zero-order valence-electron chi connectivity index (χ0n) is 29.8. The van der Waals surface area contributed by atoms with Crippen LogP contribution in [0.1, 0.15) is 44.1 Å². The Morgan fingerprint density at radius 2 is 1.80 bits per heavy atom. The normalized spacial score (nSPS) is 12.6. The maximum absolute atomic E-state index is 16.1. The number of esters is 1. The molecule has 0 radical (unpaired) electrons. The molecule has 0 bridgehead atoms. The highest BCUT2D eigenvalue weighted by Crippen LogP contribution is 2.40. The molecule has 0 saturated heterocycles. The van der Waals surface area contributed by atoms with Crippen LogP contribution in [0.2, 0.25) is 0 Å². The maximum Gasteiger partial charge on any atom is 0.302 e. The summed E-state index contributed by atoms with van der Waals surface area (Å²) in [6.07, 6.45) is 1.98. The predicted octanol–water partition coefficient (Wildman–Crippen LogP) is 9.02. The Morgan fingerprint density at radius 1 is 1.02 bits per heavy atom. The van der Waals surface area contributed by atoms with Crippen LogP contribution in [0.15, 0.2) is 100 Å². The fraction of sp³-hybridized carbons (Fsp3) is 0.225. The van der Waals surface area contributed by atoms with E-state index in [0.29, 0.717) is 18.0 Å². The van der Waals surface area contributed by atoms with Gasteiger partial charge in [-0.3, -0.25) is 4.79 Å². The van der Waals surface area contributed by atoms with Crippen LogP contribution in [0.3, 0.4) is 0 Å². The second-order valence-electron chi connectivity index (χ2n) is 12.5. The van der Waals surface area contributed by atoms with Crippen molar-refractivity contribution in [1.82, 2.24) is 18.7 Å². The summed E-state index contributed by atoms with van der Waals surface area (Å²) in [5.41, 5.74) is 0.487. The van der Waals surface area contributed by atoms with Gasteiger partial charge in [-0.05, 0) is 80.1 Å². The van der Waals surface area contributed by atoms with E-state index in [9.17, 15) is 13.2 Å². The first kappa shape index (κ1) is 38.7. The Kier molecular flexibility index (Phi) is 11.6. The summed E-state index contributed by atoms with van der Waals surface area (Å²) in [5, 5.41) is 5.04. The van der Waals surface area contributed by atoms with Crippen LogP contribution in [0.4, 0.5) is 8.78 Å². The number of halogens is 3. The molecule has 0 fully saturated rings. The molecular formula is C40H35BrF2N4O5S2. The molecule has 0 aliphatic carbocycles. The van der Waals surface area contributed by atoms with Crippen LogP contribution in [0, 0.1) is 23.5 Å². The third-order valence-corrected chi connectivity index (χ3v) is 11.9. The molecule has 1 unspecified atom stereocenters. The third-order valence-electron chi connectivity index (χ3n) is 8.90. The van der Waals surface area contributed by atoms with E-state index in [4.69, 9.17) is 19.6 Å². The second kappa shape index (κ2) is 16.2. The van der Waals surface area contributed by atoms with Gasteiger partial charge in [0, 0.05) is 41.7 Å². The van der Waals surface area contributed by atoms with Crippen molar-refractivity contribution in [2.24, 2.45) is 7.05 Å². The van der Waals surface area contributed by atoms with Crippen LogP contribution in [-0.4, -0.2) is 44.6 Å². The van der Waals surface area contributed by atoms with E-state index >= 15 is 8.78 Å². The van der Waals surface area contributed by atoms with Gasteiger partial charge in [-0.15, -0.1) is 17.7 Å². The quantitative estimate of drug-likeness (QED) is 0.0646. The van der Waals surface area contributed by atoms with Gasteiger partial charge < -0.3 is 9.47 Å². The number of benzene rings is 4. The molecule has 1 atom stereocenters. The average Bonchev–Trinajstić information content (AvgIpc) is 3.76. The molecule has 54 heavy (non-hydrogen) atoms. The van der Waals surface area contributed by atoms with Gasteiger partial charge in [0.25, 0.3) is 10.0 Å². The minimum Gasteiger partial charge on any atom is -0.461 e. The standard InChI is InChI=1S/C40H35BrF2N4O5S2/c1-5-6-20-53-21-18-40(3,27-11-10-12-28(41)22-27)39-44-38(46(4)45-39)32-23-29(15-16-34(32)42)52-37-33(25-51-26(2)48)31-17-19-47(36(31)24-35(37)43)54(49,50)30-13-8-7-9-14-30/h7-17,19,22-24H,18,20-21,25H2,1-4H3. The average molecular weight is 834 g/mol. The van der Waals surface area contributed by atoms with E-state index in [2.05, 4.69) is 34.7 Å². The lowest BCUT2D eigenvalue weighted by atomic mass is 9.79. The fourth-order valence-corrected chi connectivity index (χ4v) is 8.72. The second-order valence-corrected chi connectivity index (χ2v) is 16.3. The molecule has 9 nitrogen and oxygen atoms in total. The fourth-order valence-electron chi connectivity index (χ4n) is 6.02. The number of thioether (sulfide) groups is 1. The van der Waals surface area contributed by atoms with Crippen LogP contribution in [-0.2, 0) is 38.6 Å². The van der Waals surface area contributed by atoms with Crippen LogP contribution in [0.5, 0.6) is 11.5 Å². The van der Waals surface area contributed by atoms with Crippen molar-refractivity contribution in [3.05, 3.63) is 124 Å². The first-order valence-electron chi connectivity index (χ1n) is 16.7. The van der Waals surface area contributed by atoms with Crippen molar-refractivity contribution in [2.75, 3.05) is 11.5 Å². The molecule has 6 rings (SSSR count). The highest BCUT2D eigenvalue weighted by molar-refractivity contribution is 9.10. The number of hydrogen-bond donors (Lipinski definition) is 0. The Morgan fingerprint density at radius 3 is 2.52 bits per heavy atom. The lowest BCUT2D eigenvalue weighted by Gasteiger charge is -2.27. The van der Waals surface area contributed by atoms with E-state index in [0.717, 1.165) is 25.8 Å². The van der Waals surface area contributed by atoms with Crippen molar-refractivity contribution < 1.29 is 31.5 Å². The van der Waals surface area contributed by atoms with Crippen molar-refractivity contribution in [3.63, 3.8) is 0 Å². The third kappa shape index (κ3) is 7.94. The smallest absolute Gasteiger partial charge is 0.302 e. The molecule has 0 saturated carbocycles. The zero-order chi connectivity index (χ0) is 38.6. The number of carbonyl (C=O) groups excluding carboxylic acids is 1. The molecule has 14 heteroatoms. The summed E-state index contributed by atoms with van der Waals surface area (Å²) in [4.78, 5) is 16.8. The van der Waals surface area contributed by atoms with E-state index in [1.807, 2.05) is 24.3 Å². The molecule has 278 valence electrons. The SMILES string of the molecule is CC#CCSCCC(C)(c1cccc(Br)c1)c1nc(-c2cc(Oc3c(F)cc4c(ccn4S(=O)(=O)c4ccccc4)c3COC(C)=O)ccc2F)n(C)n1. The summed E-state index contributed by atoms with van der Waals surface area (Å²) in [5.74, 6) is 5.72. The number of aromatic nitrogens is 4. The molecule has 0 spiro atoms. The minimum atomic E-state index is -4.11. The molecule has 6 aromatic rings. The van der Waals surface area contributed by atoms with Crippen molar-refractivity contribution in [1.29, 1.82) is 0 Å². The first-order chi connectivity index (χ1) is 25.8. The number of rotatable bonds is 13. The van der Waals surface area contributed by atoms with Crippen LogP contribution >= 0.6 is 27.7 Å². The number of ether oxygens (including phenoxy) is 2. The number of hydrogen-bond acceptors (Lipinski definition) is 8. The van der Waals surface area contributed by atoms with E-state index in [-0.39, 0.29) is 44.2 Å². The summed E-state index contributed by atoms with van der Waals surface area (Å²) in [7, 11) is -2.43. The summed E-state index contributed by atoms with van der Waals surface area (Å²) < 4.78 is 73.5. The van der Waals surface area contributed by atoms with E-state index in [1.54, 1.807) is 43.9 Å². The van der Waals surface area contributed by atoms with Gasteiger partial charge in [0.1, 0.15) is 18.2 Å². The zero-order valence-corrected chi connectivity index (χ0v) is 33.0. The lowest BCUT2D eigenvalue weighted by molar-refractivity contribution is -0.142. The Labute approximate surface area is 324 Å². The van der Waals surface area contributed by atoms with Gasteiger partial charge in [0.15, 0.2) is 23.2 Å². The number of fused-ring (bicyclic) bond motifs is 1. The molecular weight excluding hydrogens is 798 g/mol. The minimum absolute atomic E-state index is 0.00760. The molecule has 4 aromatic carbocycles. The predicted molar refractivity (Wildman–Crippen MR) is 209 cm³/mol. The molecule has 0 amide bonds. The van der Waals surface area contributed by atoms with Gasteiger partial charge in [0.2, 0.25) is 0 Å². The monoisotopic (exact) mass is 832 g/mol.